The Kier molecular flexibility index (Phi) is 7.04. The van der Waals surface area contributed by atoms with Gasteiger partial charge in [0.15, 0.2) is 0 Å². The molecule has 1 fully saturated rings. The van der Waals surface area contributed by atoms with Crippen LogP contribution in [0.3, 0.4) is 0 Å². The lowest BCUT2D eigenvalue weighted by molar-refractivity contribution is 0.260. The Bertz CT molecular complexity index is 1140. The lowest BCUT2D eigenvalue weighted by Gasteiger charge is -2.16. The van der Waals surface area contributed by atoms with E-state index in [4.69, 9.17) is 5.14 Å². The van der Waals surface area contributed by atoms with Gasteiger partial charge in [0.05, 0.1) is 4.90 Å². The molecule has 5 rings (SSSR count). The van der Waals surface area contributed by atoms with Crippen molar-refractivity contribution in [2.24, 2.45) is 9.50 Å². The van der Waals surface area contributed by atoms with Crippen molar-refractivity contribution in [3.8, 4) is 0 Å². The molecule has 1 saturated carbocycles. The highest BCUT2D eigenvalue weighted by molar-refractivity contribution is 7.91. The molecule has 4 N–H and O–H groups in total. The number of urea groups is 1. The molecule has 0 spiro atoms. The SMILES string of the molecule is N[S@@](=O)(=NC(=O)Nc1c2c(cc3c1CCC3)CCC2)c1ccc(CNC2CCCCCC2)cc1. The second-order valence-corrected chi connectivity index (χ2v) is 11.8. The minimum Gasteiger partial charge on any atom is -0.310 e. The Hall–Kier alpha value is -2.22. The van der Waals surface area contributed by atoms with E-state index in [9.17, 15) is 9.00 Å². The summed E-state index contributed by atoms with van der Waals surface area (Å²) in [7, 11) is -3.32. The van der Waals surface area contributed by atoms with Crippen LogP contribution in [0.25, 0.3) is 0 Å². The molecule has 3 aliphatic carbocycles. The smallest absolute Gasteiger partial charge is 0.310 e. The molecule has 7 heteroatoms. The van der Waals surface area contributed by atoms with Crippen molar-refractivity contribution in [1.29, 1.82) is 0 Å². The van der Waals surface area contributed by atoms with E-state index in [0.29, 0.717) is 10.9 Å². The summed E-state index contributed by atoms with van der Waals surface area (Å²) >= 11 is 0. The van der Waals surface area contributed by atoms with E-state index in [1.54, 1.807) is 12.1 Å². The van der Waals surface area contributed by atoms with Crippen molar-refractivity contribution in [3.63, 3.8) is 0 Å². The van der Waals surface area contributed by atoms with Crippen LogP contribution in [-0.2, 0) is 42.1 Å². The van der Waals surface area contributed by atoms with Crippen LogP contribution < -0.4 is 15.8 Å². The summed E-state index contributed by atoms with van der Waals surface area (Å²) in [5.74, 6) is 0. The normalized spacial score (nSPS) is 19.7. The number of rotatable bonds is 5. The molecule has 0 aliphatic heterocycles. The Morgan fingerprint density at radius 1 is 0.912 bits per heavy atom. The Labute approximate surface area is 203 Å². The molecule has 0 radical (unpaired) electrons. The number of nitrogens with zero attached hydrogens (tertiary/aromatic N) is 1. The van der Waals surface area contributed by atoms with Gasteiger partial charge in [0.1, 0.15) is 9.92 Å². The van der Waals surface area contributed by atoms with E-state index in [1.165, 1.54) is 60.8 Å². The number of benzene rings is 2. The summed E-state index contributed by atoms with van der Waals surface area (Å²) < 4.78 is 17.1. The maximum atomic E-state index is 13.1. The van der Waals surface area contributed by atoms with Crippen LogP contribution in [0.5, 0.6) is 0 Å². The molecular weight excluding hydrogens is 444 g/mol. The first-order valence-corrected chi connectivity index (χ1v) is 14.4. The maximum absolute atomic E-state index is 13.1. The predicted octanol–water partition coefficient (Wildman–Crippen LogP) is 5.41. The standard InChI is InChI=1S/C27H36N4O2S/c28-34(33,23-15-13-19(14-16-23)18-29-22-9-3-1-2-4-10-22)31-27(32)30-26-24-11-5-7-20(24)17-21-8-6-12-25(21)26/h13-17,22,29H,1-12,18H2,(H3,28,30,31,32,33)/t34-/m1/s1. The van der Waals surface area contributed by atoms with Crippen molar-refractivity contribution in [2.75, 3.05) is 5.32 Å². The number of aryl methyl sites for hydroxylation is 2. The van der Waals surface area contributed by atoms with Crippen LogP contribution in [0.15, 0.2) is 39.6 Å². The largest absolute Gasteiger partial charge is 0.354 e. The lowest BCUT2D eigenvalue weighted by atomic mass is 9.99. The fraction of sp³-hybridized carbons (Fsp3) is 0.519. The van der Waals surface area contributed by atoms with E-state index in [-0.39, 0.29) is 0 Å². The van der Waals surface area contributed by atoms with Crippen molar-refractivity contribution in [3.05, 3.63) is 58.1 Å². The van der Waals surface area contributed by atoms with Gasteiger partial charge in [-0.2, -0.15) is 0 Å². The maximum Gasteiger partial charge on any atom is 0.354 e. The van der Waals surface area contributed by atoms with Gasteiger partial charge in [0.25, 0.3) is 0 Å². The fourth-order valence-electron chi connectivity index (χ4n) is 5.82. The summed E-state index contributed by atoms with van der Waals surface area (Å²) in [5.41, 5.74) is 7.11. The van der Waals surface area contributed by atoms with E-state index in [2.05, 4.69) is 21.1 Å². The number of carbonyl (C=O) groups excluding carboxylic acids is 1. The minimum absolute atomic E-state index is 0.379. The number of nitrogens with one attached hydrogen (secondary N) is 2. The van der Waals surface area contributed by atoms with Gasteiger partial charge in [-0.3, -0.25) is 0 Å². The molecular formula is C27H36N4O2S. The van der Waals surface area contributed by atoms with Gasteiger partial charge in [-0.15, -0.1) is 4.36 Å². The highest BCUT2D eigenvalue weighted by atomic mass is 32.2. The van der Waals surface area contributed by atoms with E-state index in [0.717, 1.165) is 56.3 Å². The third-order valence-electron chi connectivity index (χ3n) is 7.63. The first kappa shape index (κ1) is 23.5. The molecule has 0 aromatic heterocycles. The van der Waals surface area contributed by atoms with Gasteiger partial charge < -0.3 is 10.6 Å². The number of hydrogen-bond donors (Lipinski definition) is 3. The summed E-state index contributed by atoms with van der Waals surface area (Å²) in [6.07, 6.45) is 14.0. The number of fused-ring (bicyclic) bond motifs is 2. The number of hydrogen-bond acceptors (Lipinski definition) is 3. The molecule has 1 atom stereocenters. The minimum atomic E-state index is -3.32. The Morgan fingerprint density at radius 2 is 1.53 bits per heavy atom. The van der Waals surface area contributed by atoms with E-state index >= 15 is 0 Å². The molecule has 0 saturated heterocycles. The Balaban J connectivity index is 1.27. The van der Waals surface area contributed by atoms with Crippen LogP contribution in [-0.4, -0.2) is 16.3 Å². The molecule has 6 nitrogen and oxygen atoms in total. The summed E-state index contributed by atoms with van der Waals surface area (Å²) in [4.78, 5) is 13.2. The number of nitrogens with two attached hydrogens (primary N) is 1. The molecule has 182 valence electrons. The van der Waals surface area contributed by atoms with Crippen LogP contribution >= 0.6 is 0 Å². The van der Waals surface area contributed by atoms with Crippen LogP contribution in [0, 0.1) is 0 Å². The third-order valence-corrected chi connectivity index (χ3v) is 9.02. The number of amides is 2. The quantitative estimate of drug-likeness (QED) is 0.499. The molecule has 0 unspecified atom stereocenters. The van der Waals surface area contributed by atoms with Gasteiger partial charge in [0, 0.05) is 18.3 Å². The second-order valence-electron chi connectivity index (χ2n) is 10.0. The number of anilines is 1. The topological polar surface area (TPSA) is 96.6 Å². The zero-order chi connectivity index (χ0) is 23.5. The summed E-state index contributed by atoms with van der Waals surface area (Å²) in [5, 5.41) is 12.7. The van der Waals surface area contributed by atoms with Crippen molar-refractivity contribution >= 4 is 21.6 Å². The van der Waals surface area contributed by atoms with E-state index < -0.39 is 15.9 Å². The van der Waals surface area contributed by atoms with Gasteiger partial charge >= 0.3 is 6.03 Å². The van der Waals surface area contributed by atoms with Crippen LogP contribution in [0.1, 0.15) is 79.2 Å². The molecule has 2 aromatic rings. The summed E-state index contributed by atoms with van der Waals surface area (Å²) in [6.45, 7) is 0.776. The van der Waals surface area contributed by atoms with E-state index in [1.807, 2.05) is 12.1 Å². The van der Waals surface area contributed by atoms with Crippen LogP contribution in [0.2, 0.25) is 0 Å². The average Bonchev–Trinajstić information content (AvgIpc) is 3.41. The lowest BCUT2D eigenvalue weighted by Crippen LogP contribution is -2.27. The van der Waals surface area contributed by atoms with Crippen molar-refractivity contribution in [1.82, 2.24) is 5.32 Å². The second kappa shape index (κ2) is 10.2. The zero-order valence-corrected chi connectivity index (χ0v) is 20.7. The molecule has 0 heterocycles. The number of carbonyl (C=O) groups is 1. The molecule has 0 bridgehead atoms. The molecule has 2 amide bonds. The van der Waals surface area contributed by atoms with Gasteiger partial charge in [-0.25, -0.2) is 14.1 Å². The Morgan fingerprint density at radius 3 is 2.15 bits per heavy atom. The summed E-state index contributed by atoms with van der Waals surface area (Å²) in [6, 6.07) is 9.59. The molecule has 34 heavy (non-hydrogen) atoms. The first-order valence-electron chi connectivity index (χ1n) is 12.8. The van der Waals surface area contributed by atoms with Crippen molar-refractivity contribution < 1.29 is 9.00 Å². The first-order chi connectivity index (χ1) is 16.5. The zero-order valence-electron chi connectivity index (χ0n) is 19.9. The monoisotopic (exact) mass is 480 g/mol. The molecule has 2 aromatic carbocycles. The fourth-order valence-corrected chi connectivity index (χ4v) is 6.74. The third kappa shape index (κ3) is 5.21. The van der Waals surface area contributed by atoms with Crippen molar-refractivity contribution in [2.45, 2.75) is 94.5 Å². The van der Waals surface area contributed by atoms with Gasteiger partial charge in [-0.1, -0.05) is 43.9 Å². The average molecular weight is 481 g/mol. The predicted molar refractivity (Wildman–Crippen MR) is 137 cm³/mol. The van der Waals surface area contributed by atoms with Crippen LogP contribution in [0.4, 0.5) is 10.5 Å². The highest BCUT2D eigenvalue weighted by Crippen LogP contribution is 2.38. The molecule has 3 aliphatic rings. The van der Waals surface area contributed by atoms with Gasteiger partial charge in [-0.05, 0) is 91.3 Å². The van der Waals surface area contributed by atoms with Gasteiger partial charge in [0.2, 0.25) is 0 Å². The highest BCUT2D eigenvalue weighted by Gasteiger charge is 2.25.